The third-order valence-electron chi connectivity index (χ3n) is 3.89. The third kappa shape index (κ3) is 6.15. The molecule has 0 bridgehead atoms. The zero-order chi connectivity index (χ0) is 22.7. The van der Waals surface area contributed by atoms with E-state index in [9.17, 15) is 36.5 Å². The minimum absolute atomic E-state index is 0.196. The molecule has 0 aliphatic heterocycles. The number of nitro groups is 1. The average molecular weight is 466 g/mol. The lowest BCUT2D eigenvalue weighted by Gasteiger charge is -2.17. The first-order valence-corrected chi connectivity index (χ1v) is 10.1. The summed E-state index contributed by atoms with van der Waals surface area (Å²) in [4.78, 5) is 22.1. The van der Waals surface area contributed by atoms with Gasteiger partial charge in [0.05, 0.1) is 27.8 Å². The van der Waals surface area contributed by atoms with Crippen LogP contribution in [0.25, 0.3) is 0 Å². The summed E-state index contributed by atoms with van der Waals surface area (Å²) in [5.41, 5.74) is -1.27. The summed E-state index contributed by atoms with van der Waals surface area (Å²) in [6.45, 7) is -0.653. The number of hydrogen-bond acceptors (Lipinski definition) is 5. The van der Waals surface area contributed by atoms with E-state index in [1.807, 2.05) is 0 Å². The van der Waals surface area contributed by atoms with Crippen molar-refractivity contribution < 1.29 is 31.3 Å². The Morgan fingerprint density at radius 3 is 2.33 bits per heavy atom. The number of hydrogen-bond donors (Lipinski definition) is 1. The number of benzene rings is 2. The highest BCUT2D eigenvalue weighted by atomic mass is 35.5. The first-order valence-electron chi connectivity index (χ1n) is 8.13. The molecule has 162 valence electrons. The molecule has 13 heteroatoms. The molecule has 1 amide bonds. The number of nitro benzene ring substituents is 1. The normalized spacial score (nSPS) is 12.1. The van der Waals surface area contributed by atoms with Crippen LogP contribution in [0.2, 0.25) is 5.02 Å². The summed E-state index contributed by atoms with van der Waals surface area (Å²) in [6.07, 6.45) is -4.72. The van der Waals surface area contributed by atoms with Crippen molar-refractivity contribution >= 4 is 38.9 Å². The average Bonchev–Trinajstić information content (AvgIpc) is 2.62. The fraction of sp³-hybridized carbons (Fsp3) is 0.235. The zero-order valence-corrected chi connectivity index (χ0v) is 16.9. The zero-order valence-electron chi connectivity index (χ0n) is 15.3. The number of rotatable bonds is 7. The molecule has 8 nitrogen and oxygen atoms in total. The number of nitrogens with zero attached hydrogens (tertiary/aromatic N) is 2. The molecular formula is C17H15ClF3N3O5S. The van der Waals surface area contributed by atoms with Gasteiger partial charge < -0.3 is 5.32 Å². The Balaban J connectivity index is 2.05. The number of carbonyl (C=O) groups is 1. The van der Waals surface area contributed by atoms with Gasteiger partial charge in [-0.25, -0.2) is 8.42 Å². The summed E-state index contributed by atoms with van der Waals surface area (Å²) in [7, 11) is -2.84. The van der Waals surface area contributed by atoms with Crippen molar-refractivity contribution in [2.24, 2.45) is 0 Å². The Hall–Kier alpha value is -2.70. The van der Waals surface area contributed by atoms with Gasteiger partial charge >= 0.3 is 6.18 Å². The van der Waals surface area contributed by atoms with Crippen LogP contribution in [0.3, 0.4) is 0 Å². The summed E-state index contributed by atoms with van der Waals surface area (Å²) in [5.74, 6) is -1.38. The number of halogens is 4. The van der Waals surface area contributed by atoms with Crippen molar-refractivity contribution in [3.05, 3.63) is 68.7 Å². The summed E-state index contributed by atoms with van der Waals surface area (Å²) >= 11 is 5.51. The molecule has 0 unspecified atom stereocenters. The van der Waals surface area contributed by atoms with Crippen LogP contribution in [0.4, 0.5) is 24.5 Å². The van der Waals surface area contributed by atoms with Crippen LogP contribution in [0.15, 0.2) is 42.5 Å². The van der Waals surface area contributed by atoms with Gasteiger partial charge in [0.2, 0.25) is 15.9 Å². The molecule has 2 aromatic rings. The standard InChI is InChI=1S/C17H15ClF3N3O5S/c1-23(30(28,29)10-11-2-5-13(6-3-11)24(26)27)9-16(25)22-12-4-7-15(18)14(8-12)17(19,20)21/h2-8H,9-10H2,1H3,(H,22,25). The summed E-state index contributed by atoms with van der Waals surface area (Å²) in [6, 6.07) is 7.61. The maximum Gasteiger partial charge on any atom is 0.417 e. The molecule has 0 aliphatic carbocycles. The van der Waals surface area contributed by atoms with Gasteiger partial charge in [0.15, 0.2) is 0 Å². The SMILES string of the molecule is CN(CC(=O)Nc1ccc(Cl)c(C(F)(F)F)c1)S(=O)(=O)Cc1ccc([N+](=O)[O-])cc1. The number of nitrogens with one attached hydrogen (secondary N) is 1. The highest BCUT2D eigenvalue weighted by Crippen LogP contribution is 2.36. The molecule has 0 saturated carbocycles. The number of non-ortho nitro benzene ring substituents is 1. The fourth-order valence-corrected chi connectivity index (χ4v) is 3.73. The summed E-state index contributed by atoms with van der Waals surface area (Å²) < 4.78 is 64.2. The molecule has 0 aromatic heterocycles. The molecule has 0 atom stereocenters. The molecule has 2 aromatic carbocycles. The molecule has 1 N–H and O–H groups in total. The molecule has 0 saturated heterocycles. The Morgan fingerprint density at radius 2 is 1.80 bits per heavy atom. The van der Waals surface area contributed by atoms with Gasteiger partial charge in [0.1, 0.15) is 0 Å². The highest BCUT2D eigenvalue weighted by Gasteiger charge is 2.33. The Labute approximate surface area is 174 Å². The van der Waals surface area contributed by atoms with Gasteiger partial charge in [-0.15, -0.1) is 0 Å². The summed E-state index contributed by atoms with van der Waals surface area (Å²) in [5, 5.41) is 12.3. The lowest BCUT2D eigenvalue weighted by Crippen LogP contribution is -2.35. The first kappa shape index (κ1) is 23.6. The number of alkyl halides is 3. The number of amides is 1. The van der Waals surface area contributed by atoms with Crippen LogP contribution in [0.5, 0.6) is 0 Å². The molecule has 0 spiro atoms. The van der Waals surface area contributed by atoms with Crippen molar-refractivity contribution in [3.8, 4) is 0 Å². The molecule has 0 aliphatic rings. The molecular weight excluding hydrogens is 451 g/mol. The van der Waals surface area contributed by atoms with E-state index in [2.05, 4.69) is 5.32 Å². The molecule has 0 heterocycles. The van der Waals surface area contributed by atoms with Gasteiger partial charge in [-0.3, -0.25) is 14.9 Å². The highest BCUT2D eigenvalue weighted by molar-refractivity contribution is 7.88. The number of anilines is 1. The lowest BCUT2D eigenvalue weighted by molar-refractivity contribution is -0.384. The maximum absolute atomic E-state index is 12.9. The minimum Gasteiger partial charge on any atom is -0.325 e. The van der Waals surface area contributed by atoms with Gasteiger partial charge in [-0.2, -0.15) is 17.5 Å². The van der Waals surface area contributed by atoms with Crippen LogP contribution in [0.1, 0.15) is 11.1 Å². The van der Waals surface area contributed by atoms with E-state index in [0.29, 0.717) is 6.07 Å². The smallest absolute Gasteiger partial charge is 0.325 e. The van der Waals surface area contributed by atoms with Crippen molar-refractivity contribution in [1.29, 1.82) is 0 Å². The van der Waals surface area contributed by atoms with E-state index in [1.165, 1.54) is 12.1 Å². The Kier molecular flexibility index (Phi) is 7.06. The van der Waals surface area contributed by atoms with E-state index in [-0.39, 0.29) is 16.9 Å². The lowest BCUT2D eigenvalue weighted by atomic mass is 10.2. The predicted molar refractivity (Wildman–Crippen MR) is 103 cm³/mol. The number of likely N-dealkylation sites (N-methyl/N-ethyl adjacent to an activating group) is 1. The molecule has 0 radical (unpaired) electrons. The second-order valence-electron chi connectivity index (χ2n) is 6.18. The van der Waals surface area contributed by atoms with Crippen LogP contribution in [-0.4, -0.2) is 37.1 Å². The Bertz CT molecular complexity index is 1060. The topological polar surface area (TPSA) is 110 Å². The van der Waals surface area contributed by atoms with Crippen LogP contribution >= 0.6 is 11.6 Å². The van der Waals surface area contributed by atoms with E-state index in [4.69, 9.17) is 11.6 Å². The Morgan fingerprint density at radius 1 is 1.20 bits per heavy atom. The van der Waals surface area contributed by atoms with Crippen molar-refractivity contribution in [2.75, 3.05) is 18.9 Å². The van der Waals surface area contributed by atoms with Crippen molar-refractivity contribution in [2.45, 2.75) is 11.9 Å². The van der Waals surface area contributed by atoms with Gasteiger partial charge in [0.25, 0.3) is 5.69 Å². The monoisotopic (exact) mass is 465 g/mol. The van der Waals surface area contributed by atoms with E-state index >= 15 is 0 Å². The van der Waals surface area contributed by atoms with Crippen molar-refractivity contribution in [1.82, 2.24) is 4.31 Å². The maximum atomic E-state index is 12.9. The second-order valence-corrected chi connectivity index (χ2v) is 8.66. The van der Waals surface area contributed by atoms with Crippen molar-refractivity contribution in [3.63, 3.8) is 0 Å². The first-order chi connectivity index (χ1) is 13.8. The van der Waals surface area contributed by atoms with E-state index in [1.54, 1.807) is 0 Å². The quantitative estimate of drug-likeness (QED) is 0.495. The van der Waals surface area contributed by atoms with E-state index < -0.39 is 49.9 Å². The fourth-order valence-electron chi connectivity index (χ4n) is 2.36. The number of sulfonamides is 1. The second kappa shape index (κ2) is 8.98. The molecule has 2 rings (SSSR count). The van der Waals surface area contributed by atoms with Gasteiger partial charge in [-0.05, 0) is 23.8 Å². The van der Waals surface area contributed by atoms with Gasteiger partial charge in [0, 0.05) is 24.9 Å². The van der Waals surface area contributed by atoms with E-state index in [0.717, 1.165) is 35.6 Å². The molecule has 0 fully saturated rings. The van der Waals surface area contributed by atoms with Crippen LogP contribution in [0, 0.1) is 10.1 Å². The van der Waals surface area contributed by atoms with Crippen LogP contribution < -0.4 is 5.32 Å². The minimum atomic E-state index is -4.72. The molecule has 30 heavy (non-hydrogen) atoms. The van der Waals surface area contributed by atoms with Gasteiger partial charge in [-0.1, -0.05) is 23.7 Å². The third-order valence-corrected chi connectivity index (χ3v) is 6.00. The predicted octanol–water partition coefficient (Wildman–Crippen LogP) is 3.67. The number of carbonyl (C=O) groups excluding carboxylic acids is 1. The van der Waals surface area contributed by atoms with Crippen LogP contribution in [-0.2, 0) is 26.7 Å². The largest absolute Gasteiger partial charge is 0.417 e.